The molecule has 0 aliphatic rings. The van der Waals surface area contributed by atoms with Crippen molar-refractivity contribution in [3.05, 3.63) is 65.2 Å². The lowest BCUT2D eigenvalue weighted by Gasteiger charge is -2.25. The van der Waals surface area contributed by atoms with E-state index >= 15 is 0 Å². The van der Waals surface area contributed by atoms with Crippen LogP contribution in [0.25, 0.3) is 0 Å². The highest BCUT2D eigenvalue weighted by atomic mass is 32.2. The van der Waals surface area contributed by atoms with Crippen molar-refractivity contribution in [3.8, 4) is 0 Å². The summed E-state index contributed by atoms with van der Waals surface area (Å²) in [5, 5.41) is 5.09. The van der Waals surface area contributed by atoms with Crippen molar-refractivity contribution in [2.75, 3.05) is 13.7 Å². The zero-order valence-corrected chi connectivity index (χ0v) is 16.2. The van der Waals surface area contributed by atoms with Crippen LogP contribution < -0.4 is 5.14 Å². The van der Waals surface area contributed by atoms with Crippen LogP contribution in [0, 0.1) is 6.92 Å². The molecule has 0 aliphatic carbocycles. The number of sulfonamides is 1. The lowest BCUT2D eigenvalue weighted by atomic mass is 10.1. The molecule has 144 valence electrons. The Balaban J connectivity index is 2.06. The molecule has 0 fully saturated rings. The summed E-state index contributed by atoms with van der Waals surface area (Å²) in [5.41, 5.74) is 1.52. The predicted octanol–water partition coefficient (Wildman–Crippen LogP) is 2.02. The molecule has 7 nitrogen and oxygen atoms in total. The fourth-order valence-electron chi connectivity index (χ4n) is 2.48. The number of nitrogens with zero attached hydrogens (tertiary/aromatic N) is 1. The molecule has 0 aromatic heterocycles. The standard InChI is InChI=1S/C19H22N2O5S/c1-13-9-10-16(27(20,24)25)11-17(13)19(23)26-12-18(22)21(3)14(2)15-7-5-4-6-8-15/h4-11,14H,12H2,1-3H3,(H2,20,24,25). The Hall–Kier alpha value is -2.71. The number of aryl methyl sites for hydroxylation is 1. The molecule has 0 saturated carbocycles. The minimum Gasteiger partial charge on any atom is -0.452 e. The molecular formula is C19H22N2O5S. The zero-order chi connectivity index (χ0) is 20.2. The molecule has 0 heterocycles. The summed E-state index contributed by atoms with van der Waals surface area (Å²) in [5.74, 6) is -1.16. The number of ether oxygens (including phenoxy) is 1. The molecule has 1 unspecified atom stereocenters. The highest BCUT2D eigenvalue weighted by Crippen LogP contribution is 2.19. The van der Waals surface area contributed by atoms with Gasteiger partial charge in [0.25, 0.3) is 5.91 Å². The third-order valence-electron chi connectivity index (χ3n) is 4.34. The van der Waals surface area contributed by atoms with Crippen molar-refractivity contribution in [2.45, 2.75) is 24.8 Å². The molecule has 0 radical (unpaired) electrons. The summed E-state index contributed by atoms with van der Waals surface area (Å²) in [6, 6.07) is 13.2. The Morgan fingerprint density at radius 1 is 1.15 bits per heavy atom. The Morgan fingerprint density at radius 2 is 1.78 bits per heavy atom. The molecule has 2 rings (SSSR count). The minimum absolute atomic E-state index is 0.0492. The molecule has 1 atom stereocenters. The van der Waals surface area contributed by atoms with Gasteiger partial charge < -0.3 is 9.64 Å². The van der Waals surface area contributed by atoms with Gasteiger partial charge in [-0.05, 0) is 37.1 Å². The maximum Gasteiger partial charge on any atom is 0.338 e. The molecule has 0 aliphatic heterocycles. The smallest absolute Gasteiger partial charge is 0.338 e. The maximum absolute atomic E-state index is 12.3. The first kappa shape index (κ1) is 20.6. The second kappa shape index (κ2) is 8.32. The number of rotatable bonds is 6. The van der Waals surface area contributed by atoms with Gasteiger partial charge in [0.1, 0.15) is 0 Å². The van der Waals surface area contributed by atoms with E-state index < -0.39 is 22.6 Å². The molecule has 0 spiro atoms. The minimum atomic E-state index is -3.95. The van der Waals surface area contributed by atoms with E-state index in [0.717, 1.165) is 11.6 Å². The predicted molar refractivity (Wildman–Crippen MR) is 100 cm³/mol. The second-order valence-electron chi connectivity index (χ2n) is 6.19. The summed E-state index contributed by atoms with van der Waals surface area (Å²) >= 11 is 0. The summed E-state index contributed by atoms with van der Waals surface area (Å²) in [6.07, 6.45) is 0. The number of carbonyl (C=O) groups is 2. The number of likely N-dealkylation sites (N-methyl/N-ethyl adjacent to an activating group) is 1. The zero-order valence-electron chi connectivity index (χ0n) is 15.4. The Bertz CT molecular complexity index is 942. The third kappa shape index (κ3) is 5.15. The Labute approximate surface area is 158 Å². The molecule has 1 amide bonds. The van der Waals surface area contributed by atoms with Crippen molar-refractivity contribution in [3.63, 3.8) is 0 Å². The van der Waals surface area contributed by atoms with Gasteiger partial charge >= 0.3 is 5.97 Å². The van der Waals surface area contributed by atoms with Crippen molar-refractivity contribution in [1.29, 1.82) is 0 Å². The van der Waals surface area contributed by atoms with Crippen LogP contribution in [-0.4, -0.2) is 38.8 Å². The van der Waals surface area contributed by atoms with Gasteiger partial charge in [-0.2, -0.15) is 0 Å². The summed E-state index contributed by atoms with van der Waals surface area (Å²) < 4.78 is 28.0. The van der Waals surface area contributed by atoms with Crippen LogP contribution in [0.2, 0.25) is 0 Å². The number of amides is 1. The van der Waals surface area contributed by atoms with Gasteiger partial charge in [0.2, 0.25) is 10.0 Å². The van der Waals surface area contributed by atoms with Crippen molar-refractivity contribution < 1.29 is 22.7 Å². The topological polar surface area (TPSA) is 107 Å². The molecule has 2 aromatic rings. The maximum atomic E-state index is 12.3. The Kier molecular flexibility index (Phi) is 6.35. The van der Waals surface area contributed by atoms with E-state index in [1.165, 1.54) is 17.0 Å². The van der Waals surface area contributed by atoms with Gasteiger partial charge in [-0.15, -0.1) is 0 Å². The first-order valence-corrected chi connectivity index (χ1v) is 9.77. The molecule has 27 heavy (non-hydrogen) atoms. The van der Waals surface area contributed by atoms with Gasteiger partial charge in [-0.25, -0.2) is 18.4 Å². The molecular weight excluding hydrogens is 368 g/mol. The average Bonchev–Trinajstić information content (AvgIpc) is 2.64. The van der Waals surface area contributed by atoms with E-state index in [-0.39, 0.29) is 22.4 Å². The van der Waals surface area contributed by atoms with E-state index in [9.17, 15) is 18.0 Å². The van der Waals surface area contributed by atoms with Gasteiger partial charge in [-0.3, -0.25) is 4.79 Å². The van der Waals surface area contributed by atoms with Crippen LogP contribution in [0.15, 0.2) is 53.4 Å². The summed E-state index contributed by atoms with van der Waals surface area (Å²) in [4.78, 5) is 25.9. The largest absolute Gasteiger partial charge is 0.452 e. The van der Waals surface area contributed by atoms with Crippen molar-refractivity contribution in [2.24, 2.45) is 5.14 Å². The number of carbonyl (C=O) groups excluding carboxylic acids is 2. The molecule has 2 aromatic carbocycles. The van der Waals surface area contributed by atoms with Crippen LogP contribution in [0.4, 0.5) is 0 Å². The average molecular weight is 390 g/mol. The van der Waals surface area contributed by atoms with Crippen LogP contribution in [0.3, 0.4) is 0 Å². The normalized spacial score (nSPS) is 12.3. The summed E-state index contributed by atoms with van der Waals surface area (Å²) in [6.45, 7) is 3.05. The van der Waals surface area contributed by atoms with E-state index in [2.05, 4.69) is 0 Å². The third-order valence-corrected chi connectivity index (χ3v) is 5.25. The number of primary sulfonamides is 1. The number of benzene rings is 2. The van der Waals surface area contributed by atoms with Gasteiger partial charge in [0, 0.05) is 7.05 Å². The lowest BCUT2D eigenvalue weighted by Crippen LogP contribution is -2.33. The molecule has 8 heteroatoms. The first-order chi connectivity index (χ1) is 12.6. The SMILES string of the molecule is Cc1ccc(S(N)(=O)=O)cc1C(=O)OCC(=O)N(C)C(C)c1ccccc1. The number of esters is 1. The highest BCUT2D eigenvalue weighted by Gasteiger charge is 2.21. The fraction of sp³-hybridized carbons (Fsp3) is 0.263. The molecule has 0 saturated heterocycles. The Morgan fingerprint density at radius 3 is 2.37 bits per heavy atom. The van der Waals surface area contributed by atoms with E-state index in [4.69, 9.17) is 9.88 Å². The van der Waals surface area contributed by atoms with Crippen molar-refractivity contribution in [1.82, 2.24) is 4.90 Å². The van der Waals surface area contributed by atoms with Gasteiger partial charge in [-0.1, -0.05) is 36.4 Å². The lowest BCUT2D eigenvalue weighted by molar-refractivity contribution is -0.135. The van der Waals surface area contributed by atoms with Crippen LogP contribution in [0.5, 0.6) is 0 Å². The quantitative estimate of drug-likeness (QED) is 0.760. The number of hydrogen-bond donors (Lipinski definition) is 1. The van der Waals surface area contributed by atoms with Gasteiger partial charge in [0.15, 0.2) is 6.61 Å². The van der Waals surface area contributed by atoms with Crippen LogP contribution in [0.1, 0.15) is 34.5 Å². The number of hydrogen-bond acceptors (Lipinski definition) is 5. The summed E-state index contributed by atoms with van der Waals surface area (Å²) in [7, 11) is -2.32. The molecule has 0 bridgehead atoms. The highest BCUT2D eigenvalue weighted by molar-refractivity contribution is 7.89. The van der Waals surface area contributed by atoms with Gasteiger partial charge in [0.05, 0.1) is 16.5 Å². The van der Waals surface area contributed by atoms with E-state index in [0.29, 0.717) is 5.56 Å². The van der Waals surface area contributed by atoms with E-state index in [1.807, 2.05) is 37.3 Å². The fourth-order valence-corrected chi connectivity index (χ4v) is 3.02. The van der Waals surface area contributed by atoms with Crippen LogP contribution >= 0.6 is 0 Å². The number of nitrogens with two attached hydrogens (primary N) is 1. The van der Waals surface area contributed by atoms with Crippen molar-refractivity contribution >= 4 is 21.9 Å². The monoisotopic (exact) mass is 390 g/mol. The van der Waals surface area contributed by atoms with Crippen LogP contribution in [-0.2, 0) is 19.6 Å². The molecule has 2 N–H and O–H groups in total. The second-order valence-corrected chi connectivity index (χ2v) is 7.75. The van der Waals surface area contributed by atoms with E-state index in [1.54, 1.807) is 14.0 Å². The first-order valence-electron chi connectivity index (χ1n) is 8.22.